The highest BCUT2D eigenvalue weighted by molar-refractivity contribution is 5.69. The van der Waals surface area contributed by atoms with Crippen LogP contribution in [0.3, 0.4) is 0 Å². The van der Waals surface area contributed by atoms with Crippen LogP contribution in [0.1, 0.15) is 40.0 Å². The Morgan fingerprint density at radius 3 is 2.65 bits per heavy atom. The van der Waals surface area contributed by atoms with Crippen LogP contribution in [-0.4, -0.2) is 35.9 Å². The monoisotopic (exact) mass is 319 g/mol. The second-order valence-corrected chi connectivity index (χ2v) is 5.96. The SMILES string of the molecule is C=CC[C@](C)(O)[C@@H](C)N(CCCC(=O)OCC)c1ccccc1. The molecule has 0 unspecified atom stereocenters. The first-order chi connectivity index (χ1) is 10.9. The molecule has 1 N–H and O–H groups in total. The van der Waals surface area contributed by atoms with Crippen LogP contribution >= 0.6 is 0 Å². The number of hydrogen-bond acceptors (Lipinski definition) is 4. The Labute approximate surface area is 139 Å². The second-order valence-electron chi connectivity index (χ2n) is 5.96. The summed E-state index contributed by atoms with van der Waals surface area (Å²) in [4.78, 5) is 13.7. The van der Waals surface area contributed by atoms with E-state index in [9.17, 15) is 9.90 Å². The zero-order valence-electron chi connectivity index (χ0n) is 14.5. The molecule has 0 saturated carbocycles. The van der Waals surface area contributed by atoms with Crippen LogP contribution in [0.4, 0.5) is 5.69 Å². The molecule has 0 aliphatic heterocycles. The lowest BCUT2D eigenvalue weighted by Crippen LogP contribution is -2.49. The molecule has 0 radical (unpaired) electrons. The van der Waals surface area contributed by atoms with Crippen molar-refractivity contribution < 1.29 is 14.6 Å². The number of aliphatic hydroxyl groups is 1. The average molecular weight is 319 g/mol. The largest absolute Gasteiger partial charge is 0.466 e. The average Bonchev–Trinajstić information content (AvgIpc) is 2.52. The maximum atomic E-state index is 11.5. The molecule has 0 bridgehead atoms. The molecule has 1 rings (SSSR count). The predicted octanol–water partition coefficient (Wildman–Crippen LogP) is 3.55. The van der Waals surface area contributed by atoms with Crippen molar-refractivity contribution in [3.63, 3.8) is 0 Å². The van der Waals surface area contributed by atoms with Crippen molar-refractivity contribution >= 4 is 11.7 Å². The Morgan fingerprint density at radius 1 is 1.43 bits per heavy atom. The standard InChI is InChI=1S/C19H29NO3/c1-5-14-19(4,22)16(3)20(17-11-8-7-9-12-17)15-10-13-18(21)23-6-2/h5,7-9,11-12,16,22H,1,6,10,13-15H2,2-4H3/t16-,19+/m1/s1. The maximum absolute atomic E-state index is 11.5. The highest BCUT2D eigenvalue weighted by Gasteiger charge is 2.31. The zero-order chi connectivity index (χ0) is 17.3. The van der Waals surface area contributed by atoms with Crippen LogP contribution in [0.5, 0.6) is 0 Å². The van der Waals surface area contributed by atoms with Crippen LogP contribution in [0.2, 0.25) is 0 Å². The zero-order valence-corrected chi connectivity index (χ0v) is 14.5. The Bertz CT molecular complexity index is 485. The summed E-state index contributed by atoms with van der Waals surface area (Å²) < 4.78 is 4.98. The van der Waals surface area contributed by atoms with Crippen LogP contribution in [0.15, 0.2) is 43.0 Å². The van der Waals surface area contributed by atoms with E-state index in [1.807, 2.05) is 51.1 Å². The van der Waals surface area contributed by atoms with Gasteiger partial charge in [0.15, 0.2) is 0 Å². The highest BCUT2D eigenvalue weighted by atomic mass is 16.5. The second kappa shape index (κ2) is 9.36. The van der Waals surface area contributed by atoms with E-state index in [4.69, 9.17) is 4.74 Å². The van der Waals surface area contributed by atoms with E-state index < -0.39 is 5.60 Å². The first-order valence-corrected chi connectivity index (χ1v) is 8.23. The molecular weight excluding hydrogens is 290 g/mol. The first kappa shape index (κ1) is 19.2. The van der Waals surface area contributed by atoms with Crippen molar-refractivity contribution in [1.82, 2.24) is 0 Å². The minimum atomic E-state index is -0.887. The molecule has 1 aromatic rings. The fourth-order valence-corrected chi connectivity index (χ4v) is 2.59. The smallest absolute Gasteiger partial charge is 0.305 e. The van der Waals surface area contributed by atoms with E-state index in [1.165, 1.54) is 0 Å². The summed E-state index contributed by atoms with van der Waals surface area (Å²) >= 11 is 0. The number of carbonyl (C=O) groups excluding carboxylic acids is 1. The van der Waals surface area contributed by atoms with Crippen LogP contribution in [0, 0.1) is 0 Å². The van der Waals surface area contributed by atoms with Crippen molar-refractivity contribution in [3.05, 3.63) is 43.0 Å². The quantitative estimate of drug-likeness (QED) is 0.529. The van der Waals surface area contributed by atoms with Gasteiger partial charge in [-0.25, -0.2) is 0 Å². The molecule has 0 aliphatic rings. The van der Waals surface area contributed by atoms with Crippen LogP contribution in [0.25, 0.3) is 0 Å². The Hall–Kier alpha value is -1.81. The van der Waals surface area contributed by atoms with Gasteiger partial charge in [0.25, 0.3) is 0 Å². The normalized spacial score (nSPS) is 14.6. The number of esters is 1. The van der Waals surface area contributed by atoms with E-state index in [2.05, 4.69) is 11.5 Å². The molecule has 0 amide bonds. The third-order valence-corrected chi connectivity index (χ3v) is 4.10. The van der Waals surface area contributed by atoms with Crippen molar-refractivity contribution in [1.29, 1.82) is 0 Å². The van der Waals surface area contributed by atoms with Gasteiger partial charge in [-0.1, -0.05) is 24.3 Å². The number of ether oxygens (including phenoxy) is 1. The third kappa shape index (κ3) is 6.06. The van der Waals surface area contributed by atoms with Gasteiger partial charge in [0.2, 0.25) is 0 Å². The summed E-state index contributed by atoms with van der Waals surface area (Å²) in [6.07, 6.45) is 3.31. The van der Waals surface area contributed by atoms with Crippen molar-refractivity contribution in [2.45, 2.75) is 51.7 Å². The number of rotatable bonds is 10. The molecule has 0 fully saturated rings. The molecule has 2 atom stereocenters. The van der Waals surface area contributed by atoms with Crippen molar-refractivity contribution in [3.8, 4) is 0 Å². The Kier molecular flexibility index (Phi) is 7.83. The number of anilines is 1. The van der Waals surface area contributed by atoms with Gasteiger partial charge >= 0.3 is 5.97 Å². The first-order valence-electron chi connectivity index (χ1n) is 8.23. The fraction of sp³-hybridized carbons (Fsp3) is 0.526. The van der Waals surface area contributed by atoms with E-state index in [-0.39, 0.29) is 12.0 Å². The van der Waals surface area contributed by atoms with Gasteiger partial charge in [-0.3, -0.25) is 4.79 Å². The lowest BCUT2D eigenvalue weighted by atomic mass is 9.92. The van der Waals surface area contributed by atoms with Gasteiger partial charge in [-0.15, -0.1) is 6.58 Å². The molecule has 1 aromatic carbocycles. The van der Waals surface area contributed by atoms with Gasteiger partial charge < -0.3 is 14.7 Å². The summed E-state index contributed by atoms with van der Waals surface area (Å²) in [7, 11) is 0. The number of benzene rings is 1. The summed E-state index contributed by atoms with van der Waals surface area (Å²) in [5, 5.41) is 10.7. The van der Waals surface area contributed by atoms with Gasteiger partial charge in [0.05, 0.1) is 18.2 Å². The van der Waals surface area contributed by atoms with Crippen molar-refractivity contribution in [2.75, 3.05) is 18.1 Å². The molecular formula is C19H29NO3. The van der Waals surface area contributed by atoms with Crippen molar-refractivity contribution in [2.24, 2.45) is 0 Å². The Morgan fingerprint density at radius 2 is 2.09 bits per heavy atom. The van der Waals surface area contributed by atoms with Gasteiger partial charge in [0, 0.05) is 18.7 Å². The molecule has 0 aliphatic carbocycles. The van der Waals surface area contributed by atoms with Gasteiger partial charge in [-0.05, 0) is 45.7 Å². The number of carbonyl (C=O) groups is 1. The fourth-order valence-electron chi connectivity index (χ4n) is 2.59. The molecule has 4 nitrogen and oxygen atoms in total. The lowest BCUT2D eigenvalue weighted by molar-refractivity contribution is -0.143. The maximum Gasteiger partial charge on any atom is 0.305 e. The highest BCUT2D eigenvalue weighted by Crippen LogP contribution is 2.26. The minimum Gasteiger partial charge on any atom is -0.466 e. The molecule has 128 valence electrons. The molecule has 0 spiro atoms. The molecule has 0 saturated heterocycles. The topological polar surface area (TPSA) is 49.8 Å². The summed E-state index contributed by atoms with van der Waals surface area (Å²) in [6.45, 7) is 10.4. The van der Waals surface area contributed by atoms with E-state index >= 15 is 0 Å². The van der Waals surface area contributed by atoms with Gasteiger partial charge in [-0.2, -0.15) is 0 Å². The number of para-hydroxylation sites is 1. The molecule has 0 heterocycles. The molecule has 0 aromatic heterocycles. The predicted molar refractivity (Wildman–Crippen MR) is 94.6 cm³/mol. The van der Waals surface area contributed by atoms with E-state index in [0.29, 0.717) is 32.4 Å². The summed E-state index contributed by atoms with van der Waals surface area (Å²) in [6, 6.07) is 9.85. The van der Waals surface area contributed by atoms with Gasteiger partial charge in [0.1, 0.15) is 0 Å². The number of hydrogen-bond donors (Lipinski definition) is 1. The van der Waals surface area contributed by atoms with E-state index in [1.54, 1.807) is 6.08 Å². The summed E-state index contributed by atoms with van der Waals surface area (Å²) in [5.41, 5.74) is 0.148. The van der Waals surface area contributed by atoms with Crippen LogP contribution < -0.4 is 4.90 Å². The lowest BCUT2D eigenvalue weighted by Gasteiger charge is -2.40. The third-order valence-electron chi connectivity index (χ3n) is 4.10. The Balaban J connectivity index is 2.82. The molecule has 23 heavy (non-hydrogen) atoms. The van der Waals surface area contributed by atoms with E-state index in [0.717, 1.165) is 5.69 Å². The summed E-state index contributed by atoms with van der Waals surface area (Å²) in [5.74, 6) is -0.175. The minimum absolute atomic E-state index is 0.106. The number of nitrogens with zero attached hydrogens (tertiary/aromatic N) is 1. The molecule has 4 heteroatoms. The van der Waals surface area contributed by atoms with Crippen LogP contribution in [-0.2, 0) is 9.53 Å².